The number of hydrogen-bond donors (Lipinski definition) is 3. The Morgan fingerprint density at radius 3 is 2.60 bits per heavy atom. The van der Waals surface area contributed by atoms with Crippen molar-refractivity contribution in [2.24, 2.45) is 0 Å². The quantitative estimate of drug-likeness (QED) is 0.270. The van der Waals surface area contributed by atoms with Gasteiger partial charge in [0.1, 0.15) is 0 Å². The topological polar surface area (TPSA) is 50.4 Å². The average molecular weight is 164 g/mol. The predicted molar refractivity (Wildman–Crippen MR) is 44.3 cm³/mol. The van der Waals surface area contributed by atoms with Crippen LogP contribution in [0.1, 0.15) is 6.92 Å². The average Bonchev–Trinajstić information content (AvgIpc) is 1.99. The molecular weight excluding hydrogens is 152 g/mol. The summed E-state index contributed by atoms with van der Waals surface area (Å²) in [6.45, 7) is 1.84. The van der Waals surface area contributed by atoms with E-state index in [1.807, 2.05) is 13.2 Å². The van der Waals surface area contributed by atoms with Gasteiger partial charge in [-0.1, -0.05) is 0 Å². The minimum absolute atomic E-state index is 0.483. The first-order chi connectivity index (χ1) is 4.70. The predicted octanol–water partition coefficient (Wildman–Crippen LogP) is 0.0921. The standard InChI is InChI=1S/C5H12N2O2S/c1-4(10-3)7-9-5(8)6-2/h7,10H,1-3H3,(H,6,8). The minimum atomic E-state index is -0.483. The zero-order chi connectivity index (χ0) is 7.98. The molecule has 0 bridgehead atoms. The van der Waals surface area contributed by atoms with E-state index in [1.165, 1.54) is 7.05 Å². The lowest BCUT2D eigenvalue weighted by Gasteiger charge is -2.02. The molecule has 0 spiro atoms. The Labute approximate surface area is 63.9 Å². The van der Waals surface area contributed by atoms with Crippen LogP contribution in [0.3, 0.4) is 0 Å². The summed E-state index contributed by atoms with van der Waals surface area (Å²) >= 11 is 1.06. The molecule has 0 aliphatic heterocycles. The molecule has 0 unspecified atom stereocenters. The van der Waals surface area contributed by atoms with E-state index in [2.05, 4.69) is 15.6 Å². The van der Waals surface area contributed by atoms with Gasteiger partial charge in [0.15, 0.2) is 0 Å². The van der Waals surface area contributed by atoms with E-state index in [0.717, 1.165) is 16.3 Å². The van der Waals surface area contributed by atoms with Crippen LogP contribution in [0, 0.1) is 0 Å². The molecular formula is C5H12N2O2S. The zero-order valence-electron chi connectivity index (χ0n) is 6.26. The maximum absolute atomic E-state index is 10.4. The molecule has 0 aliphatic carbocycles. The van der Waals surface area contributed by atoms with Gasteiger partial charge in [-0.05, 0) is 13.2 Å². The second-order valence-corrected chi connectivity index (χ2v) is 2.67. The van der Waals surface area contributed by atoms with E-state index >= 15 is 0 Å². The highest BCUT2D eigenvalue weighted by molar-refractivity contribution is 7.97. The van der Waals surface area contributed by atoms with Crippen LogP contribution in [0.15, 0.2) is 0 Å². The summed E-state index contributed by atoms with van der Waals surface area (Å²) in [6, 6.07) is 0. The monoisotopic (exact) mass is 164 g/mol. The Hall–Kier alpha value is -0.550. The van der Waals surface area contributed by atoms with Gasteiger partial charge >= 0.3 is 6.09 Å². The number of thiol groups is 1. The molecule has 0 aromatic carbocycles. The lowest BCUT2D eigenvalue weighted by atomic mass is 10.8. The molecule has 0 atom stereocenters. The van der Waals surface area contributed by atoms with Crippen molar-refractivity contribution >= 4 is 22.4 Å². The normalized spacial score (nSPS) is 11.7. The van der Waals surface area contributed by atoms with Crippen molar-refractivity contribution < 1.29 is 9.63 Å². The van der Waals surface area contributed by atoms with Gasteiger partial charge in [-0.25, -0.2) is 4.79 Å². The first kappa shape index (κ1) is 9.45. The van der Waals surface area contributed by atoms with Gasteiger partial charge in [0.05, 0.1) is 0 Å². The third-order valence-corrected chi connectivity index (χ3v) is 1.59. The first-order valence-corrected chi connectivity index (χ1v) is 4.12. The maximum atomic E-state index is 10.4. The molecule has 0 fully saturated rings. The zero-order valence-corrected chi connectivity index (χ0v) is 7.16. The van der Waals surface area contributed by atoms with Crippen LogP contribution in [-0.4, -0.2) is 24.4 Å². The minimum Gasteiger partial charge on any atom is -0.349 e. The van der Waals surface area contributed by atoms with Crippen molar-refractivity contribution in [2.45, 2.75) is 6.92 Å². The van der Waals surface area contributed by atoms with Gasteiger partial charge < -0.3 is 10.2 Å². The second kappa shape index (κ2) is 5.25. The van der Waals surface area contributed by atoms with Crippen LogP contribution in [0.2, 0.25) is 0 Å². The number of hydroxylamine groups is 1. The molecule has 0 saturated heterocycles. The number of amides is 1. The Morgan fingerprint density at radius 2 is 2.20 bits per heavy atom. The van der Waals surface area contributed by atoms with Crippen molar-refractivity contribution in [3.63, 3.8) is 0 Å². The first-order valence-electron chi connectivity index (χ1n) is 2.78. The Balaban J connectivity index is 3.45. The van der Waals surface area contributed by atoms with Crippen molar-refractivity contribution in [1.82, 2.24) is 10.8 Å². The fourth-order valence-corrected chi connectivity index (χ4v) is 0.354. The highest BCUT2D eigenvalue weighted by Crippen LogP contribution is 1.79. The van der Waals surface area contributed by atoms with E-state index in [1.54, 1.807) is 0 Å². The van der Waals surface area contributed by atoms with E-state index in [0.29, 0.717) is 0 Å². The molecule has 0 radical (unpaired) electrons. The van der Waals surface area contributed by atoms with Crippen LogP contribution >= 0.6 is 11.4 Å². The number of carbonyl (C=O) groups excluding carboxylic acids is 1. The Morgan fingerprint density at radius 1 is 1.60 bits per heavy atom. The van der Waals surface area contributed by atoms with E-state index < -0.39 is 6.09 Å². The highest BCUT2D eigenvalue weighted by atomic mass is 32.1. The van der Waals surface area contributed by atoms with Crippen molar-refractivity contribution in [3.05, 3.63) is 0 Å². The molecule has 0 aliphatic rings. The Kier molecular flexibility index (Phi) is 4.96. The maximum Gasteiger partial charge on any atom is 0.426 e. The highest BCUT2D eigenvalue weighted by Gasteiger charge is 1.95. The van der Waals surface area contributed by atoms with Crippen LogP contribution in [0.4, 0.5) is 4.79 Å². The van der Waals surface area contributed by atoms with Crippen LogP contribution < -0.4 is 10.8 Å². The SMILES string of the molecule is CNC(=O)ONC(C)=[SH]C. The van der Waals surface area contributed by atoms with Crippen LogP contribution in [0.5, 0.6) is 0 Å². The molecule has 1 amide bonds. The molecule has 10 heavy (non-hydrogen) atoms. The van der Waals surface area contributed by atoms with Crippen molar-refractivity contribution in [1.29, 1.82) is 0 Å². The lowest BCUT2D eigenvalue weighted by Crippen LogP contribution is -2.29. The van der Waals surface area contributed by atoms with E-state index in [9.17, 15) is 4.79 Å². The molecule has 5 heteroatoms. The van der Waals surface area contributed by atoms with E-state index in [4.69, 9.17) is 0 Å². The number of carbonyl (C=O) groups is 1. The third-order valence-electron chi connectivity index (χ3n) is 0.831. The molecule has 0 heterocycles. The van der Waals surface area contributed by atoms with Gasteiger partial charge in [-0.15, -0.1) is 5.48 Å². The number of rotatable bonds is 0. The van der Waals surface area contributed by atoms with Gasteiger partial charge in [0, 0.05) is 12.0 Å². The fraction of sp³-hybridized carbons (Fsp3) is 0.600. The summed E-state index contributed by atoms with van der Waals surface area (Å²) in [5.41, 5.74) is 2.48. The van der Waals surface area contributed by atoms with Gasteiger partial charge in [-0.3, -0.25) is 0 Å². The summed E-state index contributed by atoms with van der Waals surface area (Å²) in [5, 5.41) is 2.30. The molecule has 2 N–H and O–H groups in total. The van der Waals surface area contributed by atoms with Gasteiger partial charge in [0.25, 0.3) is 0 Å². The van der Waals surface area contributed by atoms with Gasteiger partial charge in [0.2, 0.25) is 0 Å². The van der Waals surface area contributed by atoms with E-state index in [-0.39, 0.29) is 0 Å². The second-order valence-electron chi connectivity index (χ2n) is 1.55. The smallest absolute Gasteiger partial charge is 0.349 e. The molecule has 0 rings (SSSR count). The third kappa shape index (κ3) is 4.34. The fourth-order valence-electron chi connectivity index (χ4n) is 0.217. The lowest BCUT2D eigenvalue weighted by molar-refractivity contribution is 0.123. The summed E-state index contributed by atoms with van der Waals surface area (Å²) in [7, 11) is 1.50. The molecule has 0 aromatic heterocycles. The molecule has 0 aromatic rings. The summed E-state index contributed by atoms with van der Waals surface area (Å²) < 4.78 is 0. The van der Waals surface area contributed by atoms with Crippen molar-refractivity contribution in [3.8, 4) is 0 Å². The largest absolute Gasteiger partial charge is 0.426 e. The number of hydrogen-bond acceptors (Lipinski definition) is 2. The molecule has 4 nitrogen and oxygen atoms in total. The summed E-state index contributed by atoms with van der Waals surface area (Å²) in [5.74, 6) is 0. The van der Waals surface area contributed by atoms with Gasteiger partial charge in [-0.2, -0.15) is 11.4 Å². The molecule has 60 valence electrons. The van der Waals surface area contributed by atoms with Crippen molar-refractivity contribution in [2.75, 3.05) is 13.3 Å². The number of nitrogens with one attached hydrogen (secondary N) is 2. The summed E-state index contributed by atoms with van der Waals surface area (Å²) in [4.78, 5) is 15.8. The van der Waals surface area contributed by atoms with Crippen LogP contribution in [-0.2, 0) is 4.84 Å². The van der Waals surface area contributed by atoms with Crippen LogP contribution in [0.25, 0.3) is 0 Å². The Bertz CT molecular complexity index is 147. The summed E-state index contributed by atoms with van der Waals surface area (Å²) in [6.07, 6.45) is 1.46. The molecule has 0 saturated carbocycles.